The molecule has 1 heterocycles. The molecule has 5 nitrogen and oxygen atoms in total. The number of benzene rings is 1. The highest BCUT2D eigenvalue weighted by molar-refractivity contribution is 5.94. The van der Waals surface area contributed by atoms with Crippen LogP contribution in [0.2, 0.25) is 0 Å². The Morgan fingerprint density at radius 2 is 2.22 bits per heavy atom. The van der Waals surface area contributed by atoms with Crippen LogP contribution in [0, 0.1) is 0 Å². The van der Waals surface area contributed by atoms with E-state index in [9.17, 15) is 9.59 Å². The molecule has 2 N–H and O–H groups in total. The summed E-state index contributed by atoms with van der Waals surface area (Å²) in [7, 11) is 0. The van der Waals surface area contributed by atoms with Gasteiger partial charge in [0.15, 0.2) is 0 Å². The van der Waals surface area contributed by atoms with Gasteiger partial charge in [0.1, 0.15) is 12.2 Å². The van der Waals surface area contributed by atoms with E-state index in [0.29, 0.717) is 18.5 Å². The predicted molar refractivity (Wildman–Crippen MR) is 91.7 cm³/mol. The molecule has 0 amide bonds. The molecule has 0 aliphatic carbocycles. The molecule has 0 spiro atoms. The Hall–Kier alpha value is -2.40. The van der Waals surface area contributed by atoms with Crippen molar-refractivity contribution in [1.29, 1.82) is 0 Å². The number of ether oxygens (including phenoxy) is 1. The Morgan fingerprint density at radius 1 is 1.43 bits per heavy atom. The average Bonchev–Trinajstić information content (AvgIpc) is 2.58. The molecule has 0 saturated carbocycles. The van der Waals surface area contributed by atoms with Crippen LogP contribution in [-0.2, 0) is 17.7 Å². The van der Waals surface area contributed by atoms with Gasteiger partial charge in [-0.3, -0.25) is 4.79 Å². The SMILES string of the molecule is C=CCOC(=O)c1cn(CC)c2ccc(CCCN)cc2c1=O. The van der Waals surface area contributed by atoms with Gasteiger partial charge >= 0.3 is 5.97 Å². The van der Waals surface area contributed by atoms with Crippen LogP contribution >= 0.6 is 0 Å². The number of hydrogen-bond acceptors (Lipinski definition) is 4. The van der Waals surface area contributed by atoms with E-state index < -0.39 is 5.97 Å². The summed E-state index contributed by atoms with van der Waals surface area (Å²) >= 11 is 0. The van der Waals surface area contributed by atoms with Crippen LogP contribution in [-0.4, -0.2) is 23.7 Å². The van der Waals surface area contributed by atoms with Crippen LogP contribution in [0.5, 0.6) is 0 Å². The van der Waals surface area contributed by atoms with Crippen LogP contribution in [0.3, 0.4) is 0 Å². The number of nitrogens with zero attached hydrogens (tertiary/aromatic N) is 1. The van der Waals surface area contributed by atoms with Crippen LogP contribution in [0.4, 0.5) is 0 Å². The molecule has 0 radical (unpaired) electrons. The number of hydrogen-bond donors (Lipinski definition) is 1. The zero-order valence-corrected chi connectivity index (χ0v) is 13.4. The molecule has 0 atom stereocenters. The maximum Gasteiger partial charge on any atom is 0.343 e. The summed E-state index contributed by atoms with van der Waals surface area (Å²) in [6.07, 6.45) is 4.70. The monoisotopic (exact) mass is 314 g/mol. The highest BCUT2D eigenvalue weighted by atomic mass is 16.5. The summed E-state index contributed by atoms with van der Waals surface area (Å²) in [6, 6.07) is 5.77. The lowest BCUT2D eigenvalue weighted by molar-refractivity contribution is 0.0547. The third-order valence-corrected chi connectivity index (χ3v) is 3.71. The van der Waals surface area contributed by atoms with E-state index in [0.717, 1.165) is 23.9 Å². The number of carbonyl (C=O) groups is 1. The summed E-state index contributed by atoms with van der Waals surface area (Å²) in [5, 5.41) is 0.537. The van der Waals surface area contributed by atoms with Gasteiger partial charge in [0.2, 0.25) is 5.43 Å². The first-order chi connectivity index (χ1) is 11.1. The number of aromatic nitrogens is 1. The second-order valence-corrected chi connectivity index (χ2v) is 5.29. The van der Waals surface area contributed by atoms with Crippen LogP contribution in [0.1, 0.15) is 29.3 Å². The van der Waals surface area contributed by atoms with Crippen molar-refractivity contribution in [3.05, 3.63) is 58.4 Å². The summed E-state index contributed by atoms with van der Waals surface area (Å²) in [6.45, 7) is 6.80. The standard InChI is InChI=1S/C18H22N2O3/c1-3-10-23-18(22)15-12-20(4-2)16-8-7-13(6-5-9-19)11-14(16)17(15)21/h3,7-8,11-12H,1,4-6,9-10,19H2,2H3. The van der Waals surface area contributed by atoms with E-state index in [1.165, 1.54) is 6.08 Å². The van der Waals surface area contributed by atoms with Crippen molar-refractivity contribution in [1.82, 2.24) is 4.57 Å². The molecule has 0 aliphatic heterocycles. The van der Waals surface area contributed by atoms with Crippen molar-refractivity contribution in [2.75, 3.05) is 13.2 Å². The van der Waals surface area contributed by atoms with E-state index >= 15 is 0 Å². The molecule has 122 valence electrons. The third kappa shape index (κ3) is 3.68. The third-order valence-electron chi connectivity index (χ3n) is 3.71. The Morgan fingerprint density at radius 3 is 2.87 bits per heavy atom. The van der Waals surface area contributed by atoms with Crippen molar-refractivity contribution < 1.29 is 9.53 Å². The maximum absolute atomic E-state index is 12.7. The largest absolute Gasteiger partial charge is 0.458 e. The Balaban J connectivity index is 2.56. The van der Waals surface area contributed by atoms with E-state index in [4.69, 9.17) is 10.5 Å². The van der Waals surface area contributed by atoms with Gasteiger partial charge in [-0.1, -0.05) is 18.7 Å². The molecule has 0 fully saturated rings. The van der Waals surface area contributed by atoms with Crippen molar-refractivity contribution in [3.8, 4) is 0 Å². The first kappa shape index (κ1) is 17.0. The molecule has 1 aromatic carbocycles. The van der Waals surface area contributed by atoms with Crippen LogP contribution in [0.15, 0.2) is 41.8 Å². The Kier molecular flexibility index (Phi) is 5.71. The molecule has 0 aliphatic rings. The maximum atomic E-state index is 12.7. The zero-order chi connectivity index (χ0) is 16.8. The lowest BCUT2D eigenvalue weighted by Gasteiger charge is -2.12. The van der Waals surface area contributed by atoms with E-state index in [2.05, 4.69) is 6.58 Å². The number of carbonyl (C=O) groups excluding carboxylic acids is 1. The van der Waals surface area contributed by atoms with Gasteiger partial charge in [0.25, 0.3) is 0 Å². The second-order valence-electron chi connectivity index (χ2n) is 5.29. The molecule has 0 unspecified atom stereocenters. The van der Waals surface area contributed by atoms with Crippen LogP contribution in [0.25, 0.3) is 10.9 Å². The predicted octanol–water partition coefficient (Wildman–Crippen LogP) is 2.26. The van der Waals surface area contributed by atoms with E-state index in [1.807, 2.05) is 29.7 Å². The fourth-order valence-electron chi connectivity index (χ4n) is 2.53. The van der Waals surface area contributed by atoms with Gasteiger partial charge in [-0.05, 0) is 44.0 Å². The van der Waals surface area contributed by atoms with Gasteiger partial charge in [-0.15, -0.1) is 0 Å². The second kappa shape index (κ2) is 7.74. The molecule has 5 heteroatoms. The number of aryl methyl sites for hydroxylation is 2. The molecule has 1 aromatic heterocycles. The smallest absolute Gasteiger partial charge is 0.343 e. The quantitative estimate of drug-likeness (QED) is 0.628. The van der Waals surface area contributed by atoms with Gasteiger partial charge in [0, 0.05) is 18.1 Å². The van der Waals surface area contributed by atoms with Crippen molar-refractivity contribution >= 4 is 16.9 Å². The lowest BCUT2D eigenvalue weighted by atomic mass is 10.0. The van der Waals surface area contributed by atoms with Gasteiger partial charge in [-0.25, -0.2) is 4.79 Å². The molecule has 2 rings (SSSR count). The first-order valence-corrected chi connectivity index (χ1v) is 7.76. The van der Waals surface area contributed by atoms with Gasteiger partial charge in [0.05, 0.1) is 5.52 Å². The first-order valence-electron chi connectivity index (χ1n) is 7.76. The zero-order valence-electron chi connectivity index (χ0n) is 13.4. The van der Waals surface area contributed by atoms with Gasteiger partial charge in [-0.2, -0.15) is 0 Å². The molecular weight excluding hydrogens is 292 g/mol. The minimum Gasteiger partial charge on any atom is -0.458 e. The minimum absolute atomic E-state index is 0.0529. The van der Waals surface area contributed by atoms with E-state index in [-0.39, 0.29) is 17.6 Å². The summed E-state index contributed by atoms with van der Waals surface area (Å²) in [4.78, 5) is 24.8. The fourth-order valence-corrected chi connectivity index (χ4v) is 2.53. The molecular formula is C18H22N2O3. The average molecular weight is 314 g/mol. The minimum atomic E-state index is -0.619. The highest BCUT2D eigenvalue weighted by Crippen LogP contribution is 2.16. The van der Waals surface area contributed by atoms with Crippen molar-refractivity contribution in [2.24, 2.45) is 5.73 Å². The summed E-state index contributed by atoms with van der Waals surface area (Å²) < 4.78 is 6.90. The number of esters is 1. The number of nitrogens with two attached hydrogens (primary N) is 1. The van der Waals surface area contributed by atoms with E-state index in [1.54, 1.807) is 6.20 Å². The molecule has 23 heavy (non-hydrogen) atoms. The van der Waals surface area contributed by atoms with Gasteiger partial charge < -0.3 is 15.0 Å². The number of rotatable bonds is 7. The number of fused-ring (bicyclic) bond motifs is 1. The normalized spacial score (nSPS) is 10.7. The van der Waals surface area contributed by atoms with Crippen molar-refractivity contribution in [3.63, 3.8) is 0 Å². The Bertz CT molecular complexity index is 778. The lowest BCUT2D eigenvalue weighted by Crippen LogP contribution is -2.21. The topological polar surface area (TPSA) is 74.3 Å². The number of pyridine rings is 1. The summed E-state index contributed by atoms with van der Waals surface area (Å²) in [5.74, 6) is -0.619. The summed E-state index contributed by atoms with van der Waals surface area (Å²) in [5.41, 5.74) is 7.15. The molecule has 0 bridgehead atoms. The molecule has 0 saturated heterocycles. The fraction of sp³-hybridized carbons (Fsp3) is 0.333. The Labute approximate surface area is 135 Å². The van der Waals surface area contributed by atoms with Crippen LogP contribution < -0.4 is 11.2 Å². The molecule has 2 aromatic rings. The van der Waals surface area contributed by atoms with Crippen molar-refractivity contribution in [2.45, 2.75) is 26.3 Å². The highest BCUT2D eigenvalue weighted by Gasteiger charge is 2.16.